The summed E-state index contributed by atoms with van der Waals surface area (Å²) in [4.78, 5) is 15.1. The van der Waals surface area contributed by atoms with E-state index < -0.39 is 0 Å². The summed E-state index contributed by atoms with van der Waals surface area (Å²) in [7, 11) is 0. The van der Waals surface area contributed by atoms with Crippen LogP contribution < -0.4 is 0 Å². The number of benzene rings is 9. The third-order valence-electron chi connectivity index (χ3n) is 13.0. The Hall–Kier alpha value is -7.79. The van der Waals surface area contributed by atoms with Gasteiger partial charge < -0.3 is 0 Å². The molecule has 13 rings (SSSR count). The first-order chi connectivity index (χ1) is 30.7. The van der Waals surface area contributed by atoms with Crippen LogP contribution in [0, 0.1) is 0 Å². The Morgan fingerprint density at radius 1 is 0.274 bits per heavy atom. The predicted octanol–water partition coefficient (Wildman–Crippen LogP) is 14.9. The van der Waals surface area contributed by atoms with E-state index in [1.807, 2.05) is 29.5 Å². The Morgan fingerprint density at radius 3 is 1.31 bits per heavy atom. The monoisotopic (exact) mass is 805 g/mol. The molecule has 0 amide bonds. The van der Waals surface area contributed by atoms with Crippen LogP contribution in [-0.4, -0.2) is 15.0 Å². The maximum absolute atomic E-state index is 5.09. The van der Waals surface area contributed by atoms with Crippen LogP contribution in [0.3, 0.4) is 0 Å². The lowest BCUT2D eigenvalue weighted by Crippen LogP contribution is -2.25. The molecule has 62 heavy (non-hydrogen) atoms. The molecule has 9 aromatic carbocycles. The summed E-state index contributed by atoms with van der Waals surface area (Å²) >= 11 is 1.81. The molecule has 2 aliphatic carbocycles. The summed E-state index contributed by atoms with van der Waals surface area (Å²) in [5.41, 5.74) is 17.9. The highest BCUT2D eigenvalue weighted by Crippen LogP contribution is 2.63. The van der Waals surface area contributed by atoms with Crippen molar-refractivity contribution in [2.24, 2.45) is 0 Å². The summed E-state index contributed by atoms with van der Waals surface area (Å²) in [5.74, 6) is 1.96. The Balaban J connectivity index is 0.851. The number of rotatable bonds is 5. The minimum Gasteiger partial charge on any atom is -0.208 e. The van der Waals surface area contributed by atoms with Gasteiger partial charge in [-0.25, -0.2) is 15.0 Å². The van der Waals surface area contributed by atoms with Crippen molar-refractivity contribution < 1.29 is 0 Å². The molecule has 0 saturated heterocycles. The molecule has 288 valence electrons. The lowest BCUT2D eigenvalue weighted by Gasteiger charge is -2.30. The lowest BCUT2D eigenvalue weighted by atomic mass is 9.70. The van der Waals surface area contributed by atoms with Crippen LogP contribution in [0.4, 0.5) is 0 Å². The normalized spacial score (nSPS) is 13.0. The summed E-state index contributed by atoms with van der Waals surface area (Å²) < 4.78 is 2.53. The quantitative estimate of drug-likeness (QED) is 0.174. The molecule has 0 radical (unpaired) electrons. The molecular weight excluding hydrogens is 771 g/mol. The Morgan fingerprint density at radius 2 is 0.694 bits per heavy atom. The van der Waals surface area contributed by atoms with Crippen molar-refractivity contribution in [1.29, 1.82) is 0 Å². The molecule has 0 atom stereocenters. The van der Waals surface area contributed by atoms with E-state index in [1.54, 1.807) is 0 Å². The van der Waals surface area contributed by atoms with Crippen molar-refractivity contribution in [2.75, 3.05) is 0 Å². The number of hydrogen-bond donors (Lipinski definition) is 0. The fraction of sp³-hybridized carbons (Fsp3) is 0.0172. The zero-order valence-electron chi connectivity index (χ0n) is 33.5. The summed E-state index contributed by atoms with van der Waals surface area (Å²) in [5, 5.41) is 2.47. The van der Waals surface area contributed by atoms with E-state index in [4.69, 9.17) is 15.0 Å². The van der Waals surface area contributed by atoms with Crippen molar-refractivity contribution in [1.82, 2.24) is 15.0 Å². The number of fused-ring (bicyclic) bond motifs is 13. The zero-order valence-corrected chi connectivity index (χ0v) is 34.3. The molecule has 2 aromatic heterocycles. The van der Waals surface area contributed by atoms with E-state index in [-0.39, 0.29) is 5.41 Å². The van der Waals surface area contributed by atoms with Crippen molar-refractivity contribution in [3.8, 4) is 78.7 Å². The third kappa shape index (κ3) is 5.20. The molecule has 0 saturated carbocycles. The minimum atomic E-state index is -0.357. The topological polar surface area (TPSA) is 38.7 Å². The maximum atomic E-state index is 5.09. The SMILES string of the molecule is c1ccc(-c2nc(-c3ccc(-c4ccc(-c5ccc6c(c5)C5(c7ccccc7-c7ccccc75)c5ccccc5-6)cc4)cc3)nc(-c3ccc4sc5ccccc5c4c3)n2)cc1. The van der Waals surface area contributed by atoms with Gasteiger partial charge in [0.25, 0.3) is 0 Å². The summed E-state index contributed by atoms with van der Waals surface area (Å²) in [6, 6.07) is 76.9. The average molecular weight is 806 g/mol. The van der Waals surface area contributed by atoms with Crippen molar-refractivity contribution in [2.45, 2.75) is 5.41 Å². The predicted molar refractivity (Wildman–Crippen MR) is 256 cm³/mol. The smallest absolute Gasteiger partial charge is 0.164 e. The van der Waals surface area contributed by atoms with E-state index in [0.717, 1.165) is 27.8 Å². The first-order valence-electron chi connectivity index (χ1n) is 21.1. The van der Waals surface area contributed by atoms with E-state index in [2.05, 4.69) is 194 Å². The second kappa shape index (κ2) is 13.6. The molecule has 0 aliphatic heterocycles. The van der Waals surface area contributed by atoms with Gasteiger partial charge in [0, 0.05) is 36.9 Å². The van der Waals surface area contributed by atoms with Gasteiger partial charge in [-0.1, -0.05) is 182 Å². The molecular formula is C58H35N3S. The Bertz CT molecular complexity index is 3500. The van der Waals surface area contributed by atoms with Crippen LogP contribution in [-0.2, 0) is 5.41 Å². The van der Waals surface area contributed by atoms with Gasteiger partial charge in [0.1, 0.15) is 0 Å². The van der Waals surface area contributed by atoms with Gasteiger partial charge in [0.05, 0.1) is 5.41 Å². The molecule has 3 nitrogen and oxygen atoms in total. The third-order valence-corrected chi connectivity index (χ3v) is 14.1. The van der Waals surface area contributed by atoms with Gasteiger partial charge in [-0.15, -0.1) is 11.3 Å². The van der Waals surface area contributed by atoms with Crippen LogP contribution in [0.15, 0.2) is 212 Å². The van der Waals surface area contributed by atoms with Crippen molar-refractivity contribution in [3.63, 3.8) is 0 Å². The second-order valence-electron chi connectivity index (χ2n) is 16.3. The fourth-order valence-corrected chi connectivity index (χ4v) is 11.2. The molecule has 0 unspecified atom stereocenters. The number of aromatic nitrogens is 3. The van der Waals surface area contributed by atoms with E-state index in [9.17, 15) is 0 Å². The second-order valence-corrected chi connectivity index (χ2v) is 17.4. The van der Waals surface area contributed by atoms with Crippen LogP contribution >= 0.6 is 11.3 Å². The number of nitrogens with zero attached hydrogens (tertiary/aromatic N) is 3. The van der Waals surface area contributed by atoms with Gasteiger partial charge in [0.15, 0.2) is 17.5 Å². The van der Waals surface area contributed by atoms with Crippen LogP contribution in [0.25, 0.3) is 98.8 Å². The molecule has 11 aromatic rings. The van der Waals surface area contributed by atoms with E-state index in [0.29, 0.717) is 17.5 Å². The van der Waals surface area contributed by atoms with Crippen LogP contribution in [0.1, 0.15) is 22.3 Å². The fourth-order valence-electron chi connectivity index (χ4n) is 10.2. The van der Waals surface area contributed by atoms with Gasteiger partial charge >= 0.3 is 0 Å². The molecule has 1 spiro atoms. The molecule has 2 aliphatic rings. The van der Waals surface area contributed by atoms with E-state index >= 15 is 0 Å². The highest BCUT2D eigenvalue weighted by Gasteiger charge is 2.51. The number of thiophene rings is 1. The van der Waals surface area contributed by atoms with Crippen LogP contribution in [0.5, 0.6) is 0 Å². The molecule has 0 bridgehead atoms. The largest absolute Gasteiger partial charge is 0.208 e. The summed E-state index contributed by atoms with van der Waals surface area (Å²) in [6.07, 6.45) is 0. The summed E-state index contributed by atoms with van der Waals surface area (Å²) in [6.45, 7) is 0. The van der Waals surface area contributed by atoms with E-state index in [1.165, 1.54) is 75.8 Å². The van der Waals surface area contributed by atoms with Gasteiger partial charge in [0.2, 0.25) is 0 Å². The molecule has 2 heterocycles. The molecule has 0 N–H and O–H groups in total. The standard InChI is InChI=1S/C58H35N3S/c1-2-12-39(13-3-1)55-59-56(61-57(60-55)42-31-33-54-48(34-42)47-17-7-11-21-53(47)62-54)40-28-26-37(27-29-40)36-22-24-38(25-23-36)41-30-32-46-45-16-6-10-20-51(45)58(52(46)35-41)49-18-8-4-14-43(49)44-15-5-9-19-50(44)58/h1-35H. The van der Waals surface area contributed by atoms with Gasteiger partial charge in [-0.05, 0) is 97.1 Å². The molecule has 0 fully saturated rings. The first kappa shape index (κ1) is 35.0. The minimum absolute atomic E-state index is 0.357. The first-order valence-corrected chi connectivity index (χ1v) is 21.9. The maximum Gasteiger partial charge on any atom is 0.164 e. The highest BCUT2D eigenvalue weighted by atomic mass is 32.1. The zero-order chi connectivity index (χ0) is 40.8. The molecule has 4 heteroatoms. The van der Waals surface area contributed by atoms with Gasteiger partial charge in [-0.2, -0.15) is 0 Å². The van der Waals surface area contributed by atoms with Crippen molar-refractivity contribution in [3.05, 3.63) is 235 Å². The Labute approximate surface area is 363 Å². The number of hydrogen-bond acceptors (Lipinski definition) is 4. The van der Waals surface area contributed by atoms with Crippen molar-refractivity contribution >= 4 is 31.5 Å². The Kier molecular flexibility index (Phi) is 7.69. The van der Waals surface area contributed by atoms with Crippen LogP contribution in [0.2, 0.25) is 0 Å². The highest BCUT2D eigenvalue weighted by molar-refractivity contribution is 7.25. The lowest BCUT2D eigenvalue weighted by molar-refractivity contribution is 0.794. The van der Waals surface area contributed by atoms with Gasteiger partial charge in [-0.3, -0.25) is 0 Å². The average Bonchev–Trinajstić information content (AvgIpc) is 3.98.